The van der Waals surface area contributed by atoms with Gasteiger partial charge in [0.05, 0.1) is 4.92 Å². The zero-order valence-corrected chi connectivity index (χ0v) is 14.5. The highest BCUT2D eigenvalue weighted by Crippen LogP contribution is 2.32. The number of nitrogens with zero attached hydrogens (tertiary/aromatic N) is 3. The van der Waals surface area contributed by atoms with Crippen LogP contribution in [-0.4, -0.2) is 21.4 Å². The van der Waals surface area contributed by atoms with E-state index in [4.69, 9.17) is 0 Å². The molecule has 0 unspecified atom stereocenters. The molecule has 0 aliphatic carbocycles. The molecule has 0 amide bonds. The van der Waals surface area contributed by atoms with Gasteiger partial charge in [-0.2, -0.15) is 0 Å². The number of aryl methyl sites for hydroxylation is 2. The Balaban J connectivity index is 2.32. The molecule has 0 aliphatic rings. The van der Waals surface area contributed by atoms with Gasteiger partial charge in [-0.1, -0.05) is 26.0 Å². The first-order chi connectivity index (χ1) is 11.4. The maximum absolute atomic E-state index is 11.5. The topological polar surface area (TPSA) is 93.0 Å². The Kier molecular flexibility index (Phi) is 5.68. The van der Waals surface area contributed by atoms with Crippen molar-refractivity contribution in [2.75, 3.05) is 17.2 Å². The fourth-order valence-corrected chi connectivity index (χ4v) is 2.25. The summed E-state index contributed by atoms with van der Waals surface area (Å²) in [6, 6.07) is 5.90. The molecule has 0 atom stereocenters. The number of anilines is 3. The number of nitrogens with one attached hydrogen (secondary N) is 2. The molecule has 2 aromatic rings. The van der Waals surface area contributed by atoms with Crippen molar-refractivity contribution < 1.29 is 4.92 Å². The number of benzene rings is 1. The van der Waals surface area contributed by atoms with E-state index in [9.17, 15) is 10.1 Å². The molecule has 7 heteroatoms. The molecule has 0 spiro atoms. The number of rotatable bonds is 7. The minimum Gasteiger partial charge on any atom is -0.364 e. The van der Waals surface area contributed by atoms with E-state index in [0.29, 0.717) is 12.5 Å². The predicted molar refractivity (Wildman–Crippen MR) is 95.8 cm³/mol. The van der Waals surface area contributed by atoms with Crippen molar-refractivity contribution in [2.45, 2.75) is 34.1 Å². The summed E-state index contributed by atoms with van der Waals surface area (Å²) in [7, 11) is 0. The molecule has 0 bridgehead atoms. The molecule has 0 saturated carbocycles. The Morgan fingerprint density at radius 3 is 2.58 bits per heavy atom. The zero-order valence-electron chi connectivity index (χ0n) is 14.5. The van der Waals surface area contributed by atoms with Crippen molar-refractivity contribution in [3.05, 3.63) is 45.8 Å². The van der Waals surface area contributed by atoms with Gasteiger partial charge in [0.25, 0.3) is 0 Å². The summed E-state index contributed by atoms with van der Waals surface area (Å²) in [5.41, 5.74) is 2.71. The van der Waals surface area contributed by atoms with Gasteiger partial charge in [-0.3, -0.25) is 10.1 Å². The Bertz CT molecular complexity index is 731. The van der Waals surface area contributed by atoms with Crippen LogP contribution in [0.3, 0.4) is 0 Å². The van der Waals surface area contributed by atoms with Gasteiger partial charge in [0, 0.05) is 12.2 Å². The first-order valence-corrected chi connectivity index (χ1v) is 7.96. The van der Waals surface area contributed by atoms with E-state index < -0.39 is 4.92 Å². The van der Waals surface area contributed by atoms with Gasteiger partial charge in [-0.15, -0.1) is 0 Å². The second kappa shape index (κ2) is 7.72. The van der Waals surface area contributed by atoms with Gasteiger partial charge >= 0.3 is 5.69 Å². The molecule has 24 heavy (non-hydrogen) atoms. The Morgan fingerprint density at radius 2 is 1.92 bits per heavy atom. The van der Waals surface area contributed by atoms with Crippen molar-refractivity contribution >= 4 is 23.0 Å². The third-order valence-corrected chi connectivity index (χ3v) is 3.67. The Morgan fingerprint density at radius 1 is 1.21 bits per heavy atom. The third kappa shape index (κ3) is 4.41. The molecule has 0 radical (unpaired) electrons. The first kappa shape index (κ1) is 17.7. The minimum atomic E-state index is -0.453. The Hall–Kier alpha value is -2.70. The summed E-state index contributed by atoms with van der Waals surface area (Å²) in [4.78, 5) is 19.2. The van der Waals surface area contributed by atoms with Crippen LogP contribution < -0.4 is 10.6 Å². The smallest absolute Gasteiger partial charge is 0.353 e. The quantitative estimate of drug-likeness (QED) is 0.584. The van der Waals surface area contributed by atoms with Crippen LogP contribution in [0.15, 0.2) is 24.5 Å². The lowest BCUT2D eigenvalue weighted by molar-refractivity contribution is -0.383. The van der Waals surface area contributed by atoms with Gasteiger partial charge < -0.3 is 10.6 Å². The van der Waals surface area contributed by atoms with E-state index in [0.717, 1.165) is 23.2 Å². The summed E-state index contributed by atoms with van der Waals surface area (Å²) >= 11 is 0. The van der Waals surface area contributed by atoms with E-state index in [1.54, 1.807) is 0 Å². The average Bonchev–Trinajstić information content (AvgIpc) is 2.50. The van der Waals surface area contributed by atoms with Crippen LogP contribution in [0.25, 0.3) is 0 Å². The molecule has 2 rings (SSSR count). The largest absolute Gasteiger partial charge is 0.364 e. The van der Waals surface area contributed by atoms with Gasteiger partial charge in [0.2, 0.25) is 11.6 Å². The lowest BCUT2D eigenvalue weighted by Gasteiger charge is -2.12. The molecule has 1 aromatic carbocycles. The van der Waals surface area contributed by atoms with Crippen LogP contribution in [0, 0.1) is 29.9 Å². The van der Waals surface area contributed by atoms with E-state index in [1.165, 1.54) is 6.33 Å². The highest BCUT2D eigenvalue weighted by Gasteiger charge is 2.23. The molecule has 2 N–H and O–H groups in total. The number of hydrogen-bond donors (Lipinski definition) is 2. The zero-order chi connectivity index (χ0) is 17.7. The third-order valence-electron chi connectivity index (χ3n) is 3.67. The highest BCUT2D eigenvalue weighted by atomic mass is 16.6. The van der Waals surface area contributed by atoms with Crippen LogP contribution in [0.5, 0.6) is 0 Å². The van der Waals surface area contributed by atoms with Crippen LogP contribution in [0.4, 0.5) is 23.0 Å². The molecule has 0 fully saturated rings. The van der Waals surface area contributed by atoms with Crippen LogP contribution in [-0.2, 0) is 0 Å². The summed E-state index contributed by atoms with van der Waals surface area (Å²) in [5, 5.41) is 17.6. The number of hydrogen-bond acceptors (Lipinski definition) is 6. The lowest BCUT2D eigenvalue weighted by Crippen LogP contribution is -2.10. The number of nitro groups is 1. The van der Waals surface area contributed by atoms with Gasteiger partial charge in [0.15, 0.2) is 0 Å². The second-order valence-corrected chi connectivity index (χ2v) is 6.23. The molecule has 128 valence electrons. The lowest BCUT2D eigenvalue weighted by atomic mass is 10.1. The molecule has 1 heterocycles. The van der Waals surface area contributed by atoms with Crippen molar-refractivity contribution in [3.63, 3.8) is 0 Å². The highest BCUT2D eigenvalue weighted by molar-refractivity contribution is 5.74. The molecular formula is C17H23N5O2. The predicted octanol–water partition coefficient (Wildman–Crippen LogP) is 4.20. The fourth-order valence-electron chi connectivity index (χ4n) is 2.25. The monoisotopic (exact) mass is 329 g/mol. The Labute approximate surface area is 141 Å². The van der Waals surface area contributed by atoms with Crippen LogP contribution in [0.1, 0.15) is 31.4 Å². The van der Waals surface area contributed by atoms with Crippen molar-refractivity contribution in [3.8, 4) is 0 Å². The fraction of sp³-hybridized carbons (Fsp3) is 0.412. The van der Waals surface area contributed by atoms with E-state index in [-0.39, 0.29) is 17.3 Å². The van der Waals surface area contributed by atoms with Gasteiger partial charge in [0.1, 0.15) is 6.33 Å². The van der Waals surface area contributed by atoms with Crippen LogP contribution >= 0.6 is 0 Å². The van der Waals surface area contributed by atoms with Crippen molar-refractivity contribution in [1.82, 2.24) is 9.97 Å². The van der Waals surface area contributed by atoms with Crippen molar-refractivity contribution in [2.24, 2.45) is 5.92 Å². The first-order valence-electron chi connectivity index (χ1n) is 7.96. The van der Waals surface area contributed by atoms with Gasteiger partial charge in [-0.25, -0.2) is 9.97 Å². The van der Waals surface area contributed by atoms with E-state index in [1.807, 2.05) is 32.0 Å². The SMILES string of the molecule is Cc1ccc(C)c(Nc2ncnc(NCCC(C)C)c2[N+](=O)[O-])c1. The van der Waals surface area contributed by atoms with E-state index in [2.05, 4.69) is 34.4 Å². The van der Waals surface area contributed by atoms with Crippen molar-refractivity contribution in [1.29, 1.82) is 0 Å². The molecule has 0 aliphatic heterocycles. The van der Waals surface area contributed by atoms with E-state index >= 15 is 0 Å². The number of aromatic nitrogens is 2. The molecule has 1 aromatic heterocycles. The average molecular weight is 329 g/mol. The maximum Gasteiger partial charge on any atom is 0.353 e. The molecule has 0 saturated heterocycles. The summed E-state index contributed by atoms with van der Waals surface area (Å²) < 4.78 is 0. The second-order valence-electron chi connectivity index (χ2n) is 6.23. The standard InChI is InChI=1S/C17H23N5O2/c1-11(2)7-8-18-16-15(22(23)24)17(20-10-19-16)21-14-9-12(3)5-6-13(14)4/h5-6,9-11H,7-8H2,1-4H3,(H2,18,19,20,21). The normalized spacial score (nSPS) is 10.7. The van der Waals surface area contributed by atoms with Crippen LogP contribution in [0.2, 0.25) is 0 Å². The van der Waals surface area contributed by atoms with Gasteiger partial charge in [-0.05, 0) is 43.4 Å². The summed E-state index contributed by atoms with van der Waals surface area (Å²) in [6.07, 6.45) is 2.24. The minimum absolute atomic E-state index is 0.137. The molecular weight excluding hydrogens is 306 g/mol. The maximum atomic E-state index is 11.5. The molecule has 7 nitrogen and oxygen atoms in total. The summed E-state index contributed by atoms with van der Waals surface area (Å²) in [6.45, 7) is 8.74. The summed E-state index contributed by atoms with van der Waals surface area (Å²) in [5.74, 6) is 0.935.